The van der Waals surface area contributed by atoms with E-state index >= 15 is 0 Å². The van der Waals surface area contributed by atoms with E-state index in [1.54, 1.807) is 66.3 Å². The summed E-state index contributed by atoms with van der Waals surface area (Å²) in [7, 11) is 1.56. The summed E-state index contributed by atoms with van der Waals surface area (Å²) in [5.74, 6) is -0.600. The van der Waals surface area contributed by atoms with Crippen LogP contribution < -0.4 is 19.7 Å². The summed E-state index contributed by atoms with van der Waals surface area (Å²) in [5, 5.41) is 37.7. The van der Waals surface area contributed by atoms with E-state index in [0.29, 0.717) is 74.5 Å². The van der Waals surface area contributed by atoms with E-state index in [2.05, 4.69) is 34.7 Å². The zero-order valence-corrected chi connectivity index (χ0v) is 34.2. The number of hydrogen-bond donors (Lipinski definition) is 3. The first kappa shape index (κ1) is 42.8. The number of thioether (sulfide) groups is 1. The quantitative estimate of drug-likeness (QED) is 0.0505. The molecule has 4 aromatic carbocycles. The molecule has 0 fully saturated rings. The van der Waals surface area contributed by atoms with Crippen LogP contribution in [0.2, 0.25) is 5.02 Å². The van der Waals surface area contributed by atoms with E-state index in [9.17, 15) is 24.6 Å². The fourth-order valence-electron chi connectivity index (χ4n) is 6.27. The number of carbonyl (C=O) groups excluding carboxylic acids is 2. The van der Waals surface area contributed by atoms with Gasteiger partial charge in [-0.15, -0.1) is 5.10 Å². The summed E-state index contributed by atoms with van der Waals surface area (Å²) < 4.78 is 14.0. The number of phenols is 1. The lowest BCUT2D eigenvalue weighted by molar-refractivity contribution is -0.137. The number of carboxylic acid groups (broad SMARTS) is 1. The molecule has 1 aromatic heterocycles. The van der Waals surface area contributed by atoms with Gasteiger partial charge in [0.05, 0.1) is 23.0 Å². The van der Waals surface area contributed by atoms with Gasteiger partial charge in [0.1, 0.15) is 17.2 Å². The van der Waals surface area contributed by atoms with Gasteiger partial charge in [-0.25, -0.2) is 9.48 Å². The summed E-state index contributed by atoms with van der Waals surface area (Å²) >= 11 is 7.74. The number of carboxylic acids is 1. The van der Waals surface area contributed by atoms with Gasteiger partial charge in [0, 0.05) is 47.1 Å². The Bertz CT molecular complexity index is 2180. The molecule has 0 spiro atoms. The number of phenolic OH excluding ortho intramolecular Hbond substituents is 1. The Morgan fingerprint density at radius 2 is 1.74 bits per heavy atom. The van der Waals surface area contributed by atoms with Crippen molar-refractivity contribution < 1.29 is 34.1 Å². The highest BCUT2D eigenvalue weighted by atomic mass is 35.5. The number of aryl methyl sites for hydroxylation is 2. The number of halogens is 1. The zero-order chi connectivity index (χ0) is 40.9. The first-order chi connectivity index (χ1) is 27.5. The van der Waals surface area contributed by atoms with Crippen molar-refractivity contribution in [3.8, 4) is 17.2 Å². The Kier molecular flexibility index (Phi) is 15.6. The number of aromatic hydroxyl groups is 1. The third-order valence-corrected chi connectivity index (χ3v) is 10.7. The average molecular weight is 817 g/mol. The maximum absolute atomic E-state index is 13.8. The smallest absolute Gasteiger partial charge is 0.419 e. The molecule has 5 aromatic rings. The summed E-state index contributed by atoms with van der Waals surface area (Å²) in [6.45, 7) is 6.81. The Labute approximate surface area is 341 Å². The molecule has 5 rings (SSSR count). The predicted octanol–water partition coefficient (Wildman–Crippen LogP) is 10.1. The molecule has 57 heavy (non-hydrogen) atoms. The molecule has 302 valence electrons. The van der Waals surface area contributed by atoms with E-state index in [1.807, 2.05) is 13.0 Å². The number of carbonyl (C=O) groups is 3. The van der Waals surface area contributed by atoms with Crippen molar-refractivity contribution in [3.05, 3.63) is 88.4 Å². The Hall–Kier alpha value is -5.34. The van der Waals surface area contributed by atoms with Crippen LogP contribution in [0.5, 0.6) is 17.2 Å². The van der Waals surface area contributed by atoms with Crippen molar-refractivity contribution in [3.63, 3.8) is 0 Å². The third-order valence-electron chi connectivity index (χ3n) is 9.43. The van der Waals surface area contributed by atoms with Crippen LogP contribution in [0.15, 0.2) is 71.9 Å². The molecule has 0 radical (unpaired) electrons. The molecule has 0 aliphatic rings. The van der Waals surface area contributed by atoms with Gasteiger partial charge in [0.15, 0.2) is 0 Å². The average Bonchev–Trinajstić information content (AvgIpc) is 3.65. The molecule has 2 amide bonds. The number of hydrogen-bond acceptors (Lipinski definition) is 10. The number of tetrazole rings is 1. The first-order valence-corrected chi connectivity index (χ1v) is 20.5. The minimum atomic E-state index is -0.896. The van der Waals surface area contributed by atoms with Crippen molar-refractivity contribution in [2.45, 2.75) is 102 Å². The van der Waals surface area contributed by atoms with Crippen molar-refractivity contribution >= 4 is 63.5 Å². The van der Waals surface area contributed by atoms with Crippen molar-refractivity contribution in [1.29, 1.82) is 0 Å². The fourth-order valence-corrected chi connectivity index (χ4v) is 7.35. The van der Waals surface area contributed by atoms with Crippen LogP contribution in [0.3, 0.4) is 0 Å². The Morgan fingerprint density at radius 1 is 0.947 bits per heavy atom. The molecule has 0 bridgehead atoms. The lowest BCUT2D eigenvalue weighted by Crippen LogP contribution is -2.29. The number of ether oxygens (including phenoxy) is 2. The van der Waals surface area contributed by atoms with Crippen LogP contribution >= 0.6 is 23.4 Å². The lowest BCUT2D eigenvalue weighted by Gasteiger charge is -2.22. The largest absolute Gasteiger partial charge is 0.506 e. The topological polar surface area (TPSA) is 169 Å². The number of unbranched alkanes of at least 4 members (excludes halogenated alkanes) is 4. The SMILES string of the molecule is CCCCCCC(CCC(=O)O)Oc1ccc(C)cc1NC(=O)c1ccc2c(N(C)C(=O)Oc3ccc(Cl)cc3CSc3nnnn3CCCC)cccc2c1O. The summed E-state index contributed by atoms with van der Waals surface area (Å²) in [4.78, 5) is 40.1. The van der Waals surface area contributed by atoms with Crippen LogP contribution in [-0.4, -0.2) is 61.5 Å². The number of aliphatic carboxylic acids is 1. The lowest BCUT2D eigenvalue weighted by atomic mass is 10.0. The third kappa shape index (κ3) is 11.6. The minimum Gasteiger partial charge on any atom is -0.506 e. The van der Waals surface area contributed by atoms with Crippen LogP contribution in [0, 0.1) is 6.92 Å². The molecule has 0 saturated carbocycles. The normalized spacial score (nSPS) is 11.7. The fraction of sp³-hybridized carbons (Fsp3) is 0.381. The predicted molar refractivity (Wildman–Crippen MR) is 223 cm³/mol. The molecular weight excluding hydrogens is 768 g/mol. The number of nitrogens with zero attached hydrogens (tertiary/aromatic N) is 5. The van der Waals surface area contributed by atoms with Gasteiger partial charge in [0.2, 0.25) is 5.16 Å². The molecule has 0 aliphatic heterocycles. The van der Waals surface area contributed by atoms with Crippen molar-refractivity contribution in [2.24, 2.45) is 0 Å². The molecule has 1 unspecified atom stereocenters. The highest BCUT2D eigenvalue weighted by Crippen LogP contribution is 2.37. The maximum Gasteiger partial charge on any atom is 0.419 e. The van der Waals surface area contributed by atoms with Crippen LogP contribution in [0.1, 0.15) is 93.1 Å². The number of rotatable bonds is 20. The van der Waals surface area contributed by atoms with Gasteiger partial charge >= 0.3 is 12.1 Å². The van der Waals surface area contributed by atoms with Gasteiger partial charge in [-0.3, -0.25) is 14.5 Å². The summed E-state index contributed by atoms with van der Waals surface area (Å²) in [6, 6.07) is 18.6. The summed E-state index contributed by atoms with van der Waals surface area (Å²) in [5.41, 5.74) is 2.41. The standard InChI is InChI=1S/C42H49ClN6O7S/c1-5-7-9-10-12-30(17-22-38(50)51)55-37-20-15-27(3)24-34(37)44-40(53)33-19-18-31-32(39(33)52)13-11-14-35(31)48(4)42(54)56-36-21-16-29(43)25-28(36)26-57-41-45-46-47-49(41)23-8-6-2/h11,13-16,18-21,24-25,30,52H,5-10,12,17,22-23,26H2,1-4H3,(H,44,53)(H,50,51). The second-order valence-corrected chi connectivity index (χ2v) is 15.2. The van der Waals surface area contributed by atoms with Crippen LogP contribution in [0.25, 0.3) is 10.8 Å². The molecule has 1 atom stereocenters. The van der Waals surface area contributed by atoms with Gasteiger partial charge in [-0.1, -0.05) is 87.2 Å². The number of anilines is 2. The van der Waals surface area contributed by atoms with Gasteiger partial charge < -0.3 is 25.0 Å². The number of aromatic nitrogens is 4. The molecule has 15 heteroatoms. The molecule has 13 nitrogen and oxygen atoms in total. The van der Waals surface area contributed by atoms with E-state index in [1.165, 1.54) is 22.7 Å². The van der Waals surface area contributed by atoms with E-state index in [-0.39, 0.29) is 23.8 Å². The molecule has 3 N–H and O–H groups in total. The molecule has 0 saturated heterocycles. The molecular formula is C42H49ClN6O7S. The number of nitrogens with one attached hydrogen (secondary N) is 1. The van der Waals surface area contributed by atoms with Crippen molar-refractivity contribution in [1.82, 2.24) is 20.2 Å². The highest BCUT2D eigenvalue weighted by Gasteiger charge is 2.23. The number of amides is 2. The van der Waals surface area contributed by atoms with Gasteiger partial charge in [-0.2, -0.15) is 0 Å². The Morgan fingerprint density at radius 3 is 2.51 bits per heavy atom. The summed E-state index contributed by atoms with van der Waals surface area (Å²) in [6.07, 6.45) is 5.99. The van der Waals surface area contributed by atoms with Gasteiger partial charge in [-0.05, 0) is 91.1 Å². The monoisotopic (exact) mass is 816 g/mol. The number of benzene rings is 4. The van der Waals surface area contributed by atoms with Crippen molar-refractivity contribution in [2.75, 3.05) is 17.3 Å². The second-order valence-electron chi connectivity index (χ2n) is 13.8. The number of fused-ring (bicyclic) bond motifs is 1. The van der Waals surface area contributed by atoms with E-state index in [0.717, 1.165) is 44.1 Å². The second kappa shape index (κ2) is 20.7. The molecule has 1 heterocycles. The van der Waals surface area contributed by atoms with Crippen LogP contribution in [-0.2, 0) is 17.1 Å². The van der Waals surface area contributed by atoms with Crippen LogP contribution in [0.4, 0.5) is 16.2 Å². The minimum absolute atomic E-state index is 0.0170. The highest BCUT2D eigenvalue weighted by molar-refractivity contribution is 7.98. The van der Waals surface area contributed by atoms with Gasteiger partial charge in [0.25, 0.3) is 5.91 Å². The zero-order valence-electron chi connectivity index (χ0n) is 32.7. The molecule has 0 aliphatic carbocycles. The first-order valence-electron chi connectivity index (χ1n) is 19.2. The maximum atomic E-state index is 13.8. The van der Waals surface area contributed by atoms with E-state index in [4.69, 9.17) is 21.1 Å². The Balaban J connectivity index is 1.32. The van der Waals surface area contributed by atoms with E-state index < -0.39 is 18.0 Å².